The van der Waals surface area contributed by atoms with E-state index in [0.29, 0.717) is 12.8 Å². The lowest BCUT2D eigenvalue weighted by molar-refractivity contribution is -0.122. The van der Waals surface area contributed by atoms with Crippen LogP contribution in [-0.4, -0.2) is 21.0 Å². The van der Waals surface area contributed by atoms with Gasteiger partial charge >= 0.3 is 0 Å². The first-order valence-electron chi connectivity index (χ1n) is 7.30. The molecule has 1 aromatic carbocycles. The van der Waals surface area contributed by atoms with Crippen molar-refractivity contribution in [1.82, 2.24) is 0 Å². The number of anilines is 1. The van der Waals surface area contributed by atoms with Gasteiger partial charge in [0.15, 0.2) is 0 Å². The standard InChI is InChI=1S/C18H23NOSi/c1-6-12-18(13-9-14-21(3,4)5)15-10-7-8-11-16(15)19(2)17(18)20/h6-8,10-11H,1,12-13H2,2-5H3. The van der Waals surface area contributed by atoms with E-state index < -0.39 is 13.5 Å². The molecule has 2 nitrogen and oxygen atoms in total. The van der Waals surface area contributed by atoms with Crippen molar-refractivity contribution in [3.05, 3.63) is 42.5 Å². The van der Waals surface area contributed by atoms with Gasteiger partial charge in [0, 0.05) is 19.2 Å². The van der Waals surface area contributed by atoms with E-state index >= 15 is 0 Å². The summed E-state index contributed by atoms with van der Waals surface area (Å²) in [6.45, 7) is 10.5. The number of benzene rings is 1. The molecule has 0 saturated carbocycles. The predicted molar refractivity (Wildman–Crippen MR) is 92.1 cm³/mol. The van der Waals surface area contributed by atoms with E-state index in [1.54, 1.807) is 4.90 Å². The molecule has 0 fully saturated rings. The molecule has 1 aromatic rings. The third-order valence-corrected chi connectivity index (χ3v) is 4.77. The number of allylic oxidation sites excluding steroid dienone is 1. The molecular weight excluding hydrogens is 274 g/mol. The molecule has 0 N–H and O–H groups in total. The van der Waals surface area contributed by atoms with Crippen LogP contribution in [0.1, 0.15) is 18.4 Å². The minimum absolute atomic E-state index is 0.133. The molecule has 0 spiro atoms. The maximum atomic E-state index is 12.9. The number of carbonyl (C=O) groups is 1. The first-order valence-corrected chi connectivity index (χ1v) is 10.8. The van der Waals surface area contributed by atoms with Crippen molar-refractivity contribution in [3.63, 3.8) is 0 Å². The van der Waals surface area contributed by atoms with Gasteiger partial charge in [-0.05, 0) is 18.1 Å². The number of fused-ring (bicyclic) bond motifs is 1. The Kier molecular flexibility index (Phi) is 4.11. The van der Waals surface area contributed by atoms with Crippen molar-refractivity contribution in [2.45, 2.75) is 37.9 Å². The van der Waals surface area contributed by atoms with Crippen LogP contribution in [0.2, 0.25) is 19.6 Å². The number of nitrogens with zero attached hydrogens (tertiary/aromatic N) is 1. The van der Waals surface area contributed by atoms with Crippen LogP contribution < -0.4 is 4.90 Å². The molecule has 2 rings (SSSR count). The highest BCUT2D eigenvalue weighted by Gasteiger charge is 2.48. The van der Waals surface area contributed by atoms with Crippen LogP contribution in [0.15, 0.2) is 36.9 Å². The van der Waals surface area contributed by atoms with Crippen molar-refractivity contribution in [2.24, 2.45) is 0 Å². The van der Waals surface area contributed by atoms with E-state index in [1.165, 1.54) is 0 Å². The van der Waals surface area contributed by atoms with Crippen molar-refractivity contribution in [1.29, 1.82) is 0 Å². The van der Waals surface area contributed by atoms with Crippen LogP contribution in [-0.2, 0) is 10.2 Å². The molecular formula is C18H23NOSi. The summed E-state index contributed by atoms with van der Waals surface area (Å²) >= 11 is 0. The Bertz CT molecular complexity index is 633. The van der Waals surface area contributed by atoms with E-state index in [4.69, 9.17) is 0 Å². The third kappa shape index (κ3) is 2.82. The summed E-state index contributed by atoms with van der Waals surface area (Å²) in [7, 11) is 0.418. The van der Waals surface area contributed by atoms with E-state index in [9.17, 15) is 4.79 Å². The number of rotatable bonds is 3. The van der Waals surface area contributed by atoms with Crippen LogP contribution in [0.25, 0.3) is 0 Å². The first-order chi connectivity index (χ1) is 9.82. The van der Waals surface area contributed by atoms with Crippen molar-refractivity contribution in [2.75, 3.05) is 11.9 Å². The summed E-state index contributed by atoms with van der Waals surface area (Å²) in [6, 6.07) is 8.02. The zero-order chi connectivity index (χ0) is 15.7. The molecule has 1 aliphatic heterocycles. The first kappa shape index (κ1) is 15.6. The molecule has 0 saturated heterocycles. The highest BCUT2D eigenvalue weighted by atomic mass is 28.3. The van der Waals surface area contributed by atoms with Crippen LogP contribution in [0.4, 0.5) is 5.69 Å². The zero-order valence-electron chi connectivity index (χ0n) is 13.4. The molecule has 0 radical (unpaired) electrons. The van der Waals surface area contributed by atoms with Gasteiger partial charge < -0.3 is 4.90 Å². The molecule has 0 aromatic heterocycles. The Labute approximate surface area is 128 Å². The lowest BCUT2D eigenvalue weighted by atomic mass is 9.76. The second-order valence-electron chi connectivity index (χ2n) is 6.68. The van der Waals surface area contributed by atoms with Crippen molar-refractivity contribution < 1.29 is 4.79 Å². The summed E-state index contributed by atoms with van der Waals surface area (Å²) < 4.78 is 0. The predicted octanol–water partition coefficient (Wildman–Crippen LogP) is 3.75. The maximum Gasteiger partial charge on any atom is 0.238 e. The Morgan fingerprint density at radius 3 is 2.62 bits per heavy atom. The molecule has 1 heterocycles. The average molecular weight is 297 g/mol. The smallest absolute Gasteiger partial charge is 0.238 e. The third-order valence-electron chi connectivity index (χ3n) is 3.84. The average Bonchev–Trinajstić information content (AvgIpc) is 2.62. The fourth-order valence-electron chi connectivity index (χ4n) is 2.86. The number of amides is 1. The Morgan fingerprint density at radius 1 is 1.33 bits per heavy atom. The Hall–Kier alpha value is -1.79. The van der Waals surface area contributed by atoms with Crippen LogP contribution in [0.5, 0.6) is 0 Å². The van der Waals surface area contributed by atoms with Crippen LogP contribution >= 0.6 is 0 Å². The largest absolute Gasteiger partial charge is 0.314 e. The van der Waals surface area contributed by atoms with Gasteiger partial charge in [0.1, 0.15) is 8.07 Å². The fraction of sp³-hybridized carbons (Fsp3) is 0.389. The lowest BCUT2D eigenvalue weighted by Crippen LogP contribution is -2.38. The Balaban J connectivity index is 2.49. The zero-order valence-corrected chi connectivity index (χ0v) is 14.4. The fourth-order valence-corrected chi connectivity index (χ4v) is 3.48. The molecule has 3 heteroatoms. The number of carbonyl (C=O) groups excluding carboxylic acids is 1. The topological polar surface area (TPSA) is 20.3 Å². The van der Waals surface area contributed by atoms with Gasteiger partial charge in [-0.25, -0.2) is 0 Å². The second-order valence-corrected chi connectivity index (χ2v) is 11.4. The van der Waals surface area contributed by atoms with Crippen LogP contribution in [0.3, 0.4) is 0 Å². The SMILES string of the molecule is C=CCC1(CC#C[Si](C)(C)C)C(=O)N(C)c2ccccc21. The summed E-state index contributed by atoms with van der Waals surface area (Å²) in [6.07, 6.45) is 3.04. The molecule has 1 aliphatic rings. The number of hydrogen-bond acceptors (Lipinski definition) is 1. The normalized spacial score (nSPS) is 20.8. The van der Waals surface area contributed by atoms with Gasteiger partial charge in [-0.1, -0.05) is 43.9 Å². The van der Waals surface area contributed by atoms with Gasteiger partial charge in [-0.2, -0.15) is 0 Å². The van der Waals surface area contributed by atoms with E-state index in [0.717, 1.165) is 11.3 Å². The van der Waals surface area contributed by atoms with E-state index in [-0.39, 0.29) is 5.91 Å². The minimum Gasteiger partial charge on any atom is -0.314 e. The highest BCUT2D eigenvalue weighted by molar-refractivity contribution is 6.83. The van der Waals surface area contributed by atoms with E-state index in [2.05, 4.69) is 43.8 Å². The second kappa shape index (κ2) is 5.54. The van der Waals surface area contributed by atoms with Gasteiger partial charge in [-0.3, -0.25) is 4.79 Å². The molecule has 0 aliphatic carbocycles. The van der Waals surface area contributed by atoms with Crippen LogP contribution in [0, 0.1) is 11.5 Å². The number of hydrogen-bond donors (Lipinski definition) is 0. The molecule has 21 heavy (non-hydrogen) atoms. The summed E-state index contributed by atoms with van der Waals surface area (Å²) in [5.41, 5.74) is 4.91. The van der Waals surface area contributed by atoms with Gasteiger partial charge in [0.2, 0.25) is 5.91 Å². The molecule has 1 unspecified atom stereocenters. The highest BCUT2D eigenvalue weighted by Crippen LogP contribution is 2.45. The van der Waals surface area contributed by atoms with E-state index in [1.807, 2.05) is 31.3 Å². The minimum atomic E-state index is -1.43. The lowest BCUT2D eigenvalue weighted by Gasteiger charge is -2.25. The quantitative estimate of drug-likeness (QED) is 0.473. The molecule has 0 bridgehead atoms. The van der Waals surface area contributed by atoms with Gasteiger partial charge in [0.05, 0.1) is 5.41 Å². The molecule has 1 atom stereocenters. The van der Waals surface area contributed by atoms with Gasteiger partial charge in [-0.15, -0.1) is 18.0 Å². The maximum absolute atomic E-state index is 12.9. The summed E-state index contributed by atoms with van der Waals surface area (Å²) in [4.78, 5) is 14.6. The number of para-hydroxylation sites is 1. The van der Waals surface area contributed by atoms with Crippen molar-refractivity contribution in [3.8, 4) is 11.5 Å². The monoisotopic (exact) mass is 297 g/mol. The summed E-state index contributed by atoms with van der Waals surface area (Å²) in [5, 5.41) is 0. The Morgan fingerprint density at radius 2 is 2.00 bits per heavy atom. The van der Waals surface area contributed by atoms with Gasteiger partial charge in [0.25, 0.3) is 0 Å². The molecule has 110 valence electrons. The summed E-state index contributed by atoms with van der Waals surface area (Å²) in [5.74, 6) is 3.43. The molecule has 1 amide bonds. The number of likely N-dealkylation sites (N-methyl/N-ethyl adjacent to an activating group) is 1. The van der Waals surface area contributed by atoms with Crippen molar-refractivity contribution >= 4 is 19.7 Å².